The summed E-state index contributed by atoms with van der Waals surface area (Å²) in [5, 5.41) is 0.865. The summed E-state index contributed by atoms with van der Waals surface area (Å²) in [6, 6.07) is 8.39. The van der Waals surface area contributed by atoms with E-state index < -0.39 is 0 Å². The minimum Gasteiger partial charge on any atom is -0.496 e. The summed E-state index contributed by atoms with van der Waals surface area (Å²) < 4.78 is 5.41. The van der Waals surface area contributed by atoms with Crippen molar-refractivity contribution in [3.05, 3.63) is 34.7 Å². The number of hydrogen-bond donors (Lipinski definition) is 1. The van der Waals surface area contributed by atoms with Crippen molar-refractivity contribution in [3.63, 3.8) is 0 Å². The molecule has 0 spiro atoms. The first-order valence-corrected chi connectivity index (χ1v) is 6.88. The van der Waals surface area contributed by atoms with Gasteiger partial charge in [-0.05, 0) is 47.7 Å². The standard InChI is InChI=1S/C15H19NOS/c1-9(2)12-7-11(5-6-14(12)17-4)13-8-15(16)18-10(13)3/h5-9H,16H2,1-4H3. The van der Waals surface area contributed by atoms with Crippen LogP contribution in [0.25, 0.3) is 11.1 Å². The molecular formula is C15H19NOS. The van der Waals surface area contributed by atoms with E-state index in [1.165, 1.54) is 21.6 Å². The number of anilines is 1. The van der Waals surface area contributed by atoms with Gasteiger partial charge >= 0.3 is 0 Å². The van der Waals surface area contributed by atoms with Crippen molar-refractivity contribution in [3.8, 4) is 16.9 Å². The Hall–Kier alpha value is -1.48. The van der Waals surface area contributed by atoms with Crippen LogP contribution in [0.1, 0.15) is 30.2 Å². The van der Waals surface area contributed by atoms with Gasteiger partial charge in [0.25, 0.3) is 0 Å². The van der Waals surface area contributed by atoms with E-state index in [9.17, 15) is 0 Å². The molecule has 2 rings (SSSR count). The van der Waals surface area contributed by atoms with E-state index in [1.54, 1.807) is 18.4 Å². The SMILES string of the molecule is COc1ccc(-c2cc(N)sc2C)cc1C(C)C. The molecule has 2 nitrogen and oxygen atoms in total. The Morgan fingerprint density at radius 3 is 2.44 bits per heavy atom. The van der Waals surface area contributed by atoms with Crippen LogP contribution in [0.15, 0.2) is 24.3 Å². The van der Waals surface area contributed by atoms with Crippen LogP contribution in [0.5, 0.6) is 5.75 Å². The summed E-state index contributed by atoms with van der Waals surface area (Å²) in [6.07, 6.45) is 0. The molecular weight excluding hydrogens is 242 g/mol. The predicted octanol–water partition coefficient (Wildman–Crippen LogP) is 4.44. The monoisotopic (exact) mass is 261 g/mol. The number of benzene rings is 1. The zero-order valence-electron chi connectivity index (χ0n) is 11.3. The van der Waals surface area contributed by atoms with Gasteiger partial charge in [0.15, 0.2) is 0 Å². The summed E-state index contributed by atoms with van der Waals surface area (Å²) in [5.41, 5.74) is 9.54. The van der Waals surface area contributed by atoms with Crippen molar-refractivity contribution < 1.29 is 4.74 Å². The van der Waals surface area contributed by atoms with E-state index in [0.29, 0.717) is 5.92 Å². The molecule has 2 N–H and O–H groups in total. The summed E-state index contributed by atoms with van der Waals surface area (Å²) in [5.74, 6) is 1.39. The Morgan fingerprint density at radius 1 is 1.22 bits per heavy atom. The zero-order chi connectivity index (χ0) is 13.3. The number of methoxy groups -OCH3 is 1. The molecule has 0 aliphatic heterocycles. The first-order valence-electron chi connectivity index (χ1n) is 6.07. The summed E-state index contributed by atoms with van der Waals surface area (Å²) in [6.45, 7) is 6.46. The maximum Gasteiger partial charge on any atom is 0.122 e. The van der Waals surface area contributed by atoms with Crippen LogP contribution in [-0.4, -0.2) is 7.11 Å². The second-order valence-corrected chi connectivity index (χ2v) is 6.02. The molecule has 0 saturated carbocycles. The van der Waals surface area contributed by atoms with Gasteiger partial charge in [0, 0.05) is 4.88 Å². The molecule has 0 saturated heterocycles. The Kier molecular flexibility index (Phi) is 3.62. The fraction of sp³-hybridized carbons (Fsp3) is 0.333. The first kappa shape index (κ1) is 13.0. The molecule has 1 heterocycles. The maximum atomic E-state index is 5.86. The van der Waals surface area contributed by atoms with Gasteiger partial charge in [0.1, 0.15) is 5.75 Å². The highest BCUT2D eigenvalue weighted by molar-refractivity contribution is 7.16. The van der Waals surface area contributed by atoms with Gasteiger partial charge in [-0.25, -0.2) is 0 Å². The van der Waals surface area contributed by atoms with E-state index in [1.807, 2.05) is 12.1 Å². The van der Waals surface area contributed by atoms with Crippen LogP contribution < -0.4 is 10.5 Å². The third-order valence-corrected chi connectivity index (χ3v) is 3.98. The molecule has 0 bridgehead atoms. The molecule has 0 radical (unpaired) electrons. The molecule has 3 heteroatoms. The average Bonchev–Trinajstić information content (AvgIpc) is 2.67. The van der Waals surface area contributed by atoms with Gasteiger partial charge in [-0.15, -0.1) is 11.3 Å². The largest absolute Gasteiger partial charge is 0.496 e. The molecule has 0 fully saturated rings. The fourth-order valence-electron chi connectivity index (χ4n) is 2.14. The smallest absolute Gasteiger partial charge is 0.122 e. The molecule has 2 aromatic rings. The summed E-state index contributed by atoms with van der Waals surface area (Å²) in [7, 11) is 1.72. The topological polar surface area (TPSA) is 35.2 Å². The van der Waals surface area contributed by atoms with Crippen molar-refractivity contribution in [2.45, 2.75) is 26.7 Å². The van der Waals surface area contributed by atoms with Crippen molar-refractivity contribution in [1.82, 2.24) is 0 Å². The predicted molar refractivity (Wildman–Crippen MR) is 79.5 cm³/mol. The summed E-state index contributed by atoms with van der Waals surface area (Å²) >= 11 is 1.63. The number of nitrogens with two attached hydrogens (primary N) is 1. The van der Waals surface area contributed by atoms with Gasteiger partial charge in [-0.3, -0.25) is 0 Å². The lowest BCUT2D eigenvalue weighted by atomic mass is 9.96. The highest BCUT2D eigenvalue weighted by Crippen LogP contribution is 2.36. The normalized spacial score (nSPS) is 10.9. The van der Waals surface area contributed by atoms with Crippen molar-refractivity contribution >= 4 is 16.3 Å². The minimum absolute atomic E-state index is 0.441. The number of rotatable bonds is 3. The molecule has 0 aliphatic rings. The van der Waals surface area contributed by atoms with E-state index in [0.717, 1.165) is 10.8 Å². The third-order valence-electron chi connectivity index (χ3n) is 3.10. The van der Waals surface area contributed by atoms with Crippen LogP contribution in [0.3, 0.4) is 0 Å². The first-order chi connectivity index (χ1) is 8.52. The molecule has 1 aromatic carbocycles. The number of ether oxygens (including phenoxy) is 1. The molecule has 0 atom stereocenters. The Morgan fingerprint density at radius 2 is 1.94 bits per heavy atom. The van der Waals surface area contributed by atoms with Gasteiger partial charge in [0.05, 0.1) is 12.1 Å². The van der Waals surface area contributed by atoms with E-state index in [4.69, 9.17) is 10.5 Å². The number of aryl methyl sites for hydroxylation is 1. The van der Waals surface area contributed by atoms with Crippen LogP contribution in [0.4, 0.5) is 5.00 Å². The lowest BCUT2D eigenvalue weighted by molar-refractivity contribution is 0.407. The van der Waals surface area contributed by atoms with E-state index >= 15 is 0 Å². The number of thiophene rings is 1. The number of nitrogen functional groups attached to an aromatic ring is 1. The van der Waals surface area contributed by atoms with Gasteiger partial charge in [-0.2, -0.15) is 0 Å². The van der Waals surface area contributed by atoms with Gasteiger partial charge in [-0.1, -0.05) is 19.9 Å². The van der Waals surface area contributed by atoms with E-state index in [-0.39, 0.29) is 0 Å². The zero-order valence-corrected chi connectivity index (χ0v) is 12.1. The minimum atomic E-state index is 0.441. The molecule has 0 aliphatic carbocycles. The quantitative estimate of drug-likeness (QED) is 0.886. The van der Waals surface area contributed by atoms with E-state index in [2.05, 4.69) is 32.9 Å². The fourth-order valence-corrected chi connectivity index (χ4v) is 2.96. The summed E-state index contributed by atoms with van der Waals surface area (Å²) in [4.78, 5) is 1.26. The van der Waals surface area contributed by atoms with Crippen LogP contribution in [0.2, 0.25) is 0 Å². The van der Waals surface area contributed by atoms with Crippen molar-refractivity contribution in [1.29, 1.82) is 0 Å². The second kappa shape index (κ2) is 5.02. The second-order valence-electron chi connectivity index (χ2n) is 4.73. The van der Waals surface area contributed by atoms with Crippen molar-refractivity contribution in [2.24, 2.45) is 0 Å². The van der Waals surface area contributed by atoms with Gasteiger partial charge in [0.2, 0.25) is 0 Å². The highest BCUT2D eigenvalue weighted by Gasteiger charge is 2.11. The molecule has 0 amide bonds. The molecule has 1 aromatic heterocycles. The highest BCUT2D eigenvalue weighted by atomic mass is 32.1. The Balaban J connectivity index is 2.53. The molecule has 0 unspecified atom stereocenters. The van der Waals surface area contributed by atoms with Crippen LogP contribution in [-0.2, 0) is 0 Å². The lowest BCUT2D eigenvalue weighted by Gasteiger charge is -2.13. The lowest BCUT2D eigenvalue weighted by Crippen LogP contribution is -1.94. The van der Waals surface area contributed by atoms with Crippen LogP contribution >= 0.6 is 11.3 Å². The van der Waals surface area contributed by atoms with Gasteiger partial charge < -0.3 is 10.5 Å². The molecule has 96 valence electrons. The third kappa shape index (κ3) is 2.36. The van der Waals surface area contributed by atoms with Crippen LogP contribution in [0, 0.1) is 6.92 Å². The van der Waals surface area contributed by atoms with Crippen molar-refractivity contribution in [2.75, 3.05) is 12.8 Å². The Bertz CT molecular complexity index is 558. The maximum absolute atomic E-state index is 5.86. The number of hydrogen-bond acceptors (Lipinski definition) is 3. The Labute approximate surface area is 112 Å². The molecule has 18 heavy (non-hydrogen) atoms. The average molecular weight is 261 g/mol.